The third-order valence-corrected chi connectivity index (χ3v) is 4.61. The van der Waals surface area contributed by atoms with Gasteiger partial charge in [0.05, 0.1) is 12.2 Å². The fourth-order valence-corrected chi connectivity index (χ4v) is 3.16. The lowest BCUT2D eigenvalue weighted by Gasteiger charge is -2.36. The highest BCUT2D eigenvalue weighted by atomic mass is 16.5. The molecule has 0 radical (unpaired) electrons. The Morgan fingerprint density at radius 2 is 2.07 bits per heavy atom. The van der Waals surface area contributed by atoms with Crippen LogP contribution in [0.25, 0.3) is 0 Å². The lowest BCUT2D eigenvalue weighted by atomic mass is 10.3. The van der Waals surface area contributed by atoms with E-state index in [9.17, 15) is 0 Å². The van der Waals surface area contributed by atoms with Crippen molar-refractivity contribution in [3.05, 3.63) is 29.2 Å². The number of hydrogen-bond acceptors (Lipinski definition) is 8. The Balaban J connectivity index is 1.46. The van der Waals surface area contributed by atoms with E-state index in [0.717, 1.165) is 50.1 Å². The molecule has 1 N–H and O–H groups in total. The van der Waals surface area contributed by atoms with Crippen molar-refractivity contribution in [2.24, 2.45) is 4.99 Å². The van der Waals surface area contributed by atoms with Gasteiger partial charge in [-0.2, -0.15) is 4.98 Å². The molecule has 2 aromatic heterocycles. The molecule has 3 rings (SSSR count). The summed E-state index contributed by atoms with van der Waals surface area (Å²) in [6.07, 6.45) is -0.177. The van der Waals surface area contributed by atoms with Crippen LogP contribution in [0.4, 0.5) is 0 Å². The van der Waals surface area contributed by atoms with Crippen LogP contribution in [0.15, 0.2) is 20.1 Å². The molecule has 1 aliphatic rings. The highest BCUT2D eigenvalue weighted by molar-refractivity contribution is 5.79. The number of hydrogen-bond donors (Lipinski definition) is 1. The zero-order valence-corrected chi connectivity index (χ0v) is 17.0. The smallest absolute Gasteiger partial charge is 0.246 e. The quantitative estimate of drug-likeness (QED) is 0.553. The Hall–Kier alpha value is -2.46. The monoisotopic (exact) mass is 391 g/mol. The minimum absolute atomic E-state index is 0.177. The number of piperazine rings is 1. The van der Waals surface area contributed by atoms with Gasteiger partial charge in [-0.05, 0) is 20.8 Å². The van der Waals surface area contributed by atoms with Gasteiger partial charge in [-0.3, -0.25) is 9.89 Å². The van der Waals surface area contributed by atoms with Gasteiger partial charge in [-0.15, -0.1) is 0 Å². The Kier molecular flexibility index (Phi) is 6.99. The highest BCUT2D eigenvalue weighted by Gasteiger charge is 2.21. The van der Waals surface area contributed by atoms with Crippen molar-refractivity contribution in [1.29, 1.82) is 0 Å². The fraction of sp³-hybridized carbons (Fsp3) is 0.667. The van der Waals surface area contributed by atoms with Gasteiger partial charge in [0, 0.05) is 52.4 Å². The van der Waals surface area contributed by atoms with Crippen LogP contribution in [0, 0.1) is 6.92 Å². The number of rotatable bonds is 7. The van der Waals surface area contributed by atoms with E-state index in [-0.39, 0.29) is 6.10 Å². The van der Waals surface area contributed by atoms with Crippen LogP contribution in [0.1, 0.15) is 43.1 Å². The average Bonchev–Trinajstić information content (AvgIpc) is 3.33. The standard InChI is InChI=1S/C18H29N7O3/c1-5-26-14(3)17-21-16(28-23-17)11-20-18(19-4)25-8-6-24(7-9-25)12-15-10-13(2)27-22-15/h10,14H,5-9,11-12H2,1-4H3,(H,19,20). The summed E-state index contributed by atoms with van der Waals surface area (Å²) in [5, 5.41) is 11.3. The van der Waals surface area contributed by atoms with Crippen molar-refractivity contribution in [2.75, 3.05) is 39.8 Å². The van der Waals surface area contributed by atoms with Crippen LogP contribution < -0.4 is 5.32 Å². The molecule has 0 amide bonds. The van der Waals surface area contributed by atoms with E-state index in [2.05, 4.69) is 35.4 Å². The normalized spacial score (nSPS) is 17.1. The van der Waals surface area contributed by atoms with Crippen molar-refractivity contribution in [3.8, 4) is 0 Å². The maximum absolute atomic E-state index is 5.48. The lowest BCUT2D eigenvalue weighted by Crippen LogP contribution is -2.52. The minimum Gasteiger partial charge on any atom is -0.371 e. The van der Waals surface area contributed by atoms with E-state index in [1.165, 1.54) is 0 Å². The summed E-state index contributed by atoms with van der Waals surface area (Å²) in [5.74, 6) is 2.75. The summed E-state index contributed by atoms with van der Waals surface area (Å²) in [5.41, 5.74) is 0.974. The summed E-state index contributed by atoms with van der Waals surface area (Å²) in [6.45, 7) is 11.2. The van der Waals surface area contributed by atoms with E-state index in [4.69, 9.17) is 13.8 Å². The zero-order valence-electron chi connectivity index (χ0n) is 17.0. The van der Waals surface area contributed by atoms with Crippen LogP contribution in [0.3, 0.4) is 0 Å². The Morgan fingerprint density at radius 1 is 1.29 bits per heavy atom. The second-order valence-electron chi connectivity index (χ2n) is 6.74. The average molecular weight is 391 g/mol. The number of nitrogens with one attached hydrogen (secondary N) is 1. The van der Waals surface area contributed by atoms with Gasteiger partial charge in [0.1, 0.15) is 11.9 Å². The first-order valence-corrected chi connectivity index (χ1v) is 9.63. The molecule has 2 aromatic rings. The maximum atomic E-state index is 5.48. The van der Waals surface area contributed by atoms with Crippen molar-refractivity contribution in [2.45, 2.75) is 40.0 Å². The molecule has 0 bridgehead atoms. The minimum atomic E-state index is -0.177. The number of aromatic nitrogens is 3. The third-order valence-electron chi connectivity index (χ3n) is 4.61. The first kappa shape index (κ1) is 20.3. The first-order valence-electron chi connectivity index (χ1n) is 9.63. The van der Waals surface area contributed by atoms with E-state index in [1.807, 2.05) is 26.8 Å². The van der Waals surface area contributed by atoms with E-state index in [0.29, 0.717) is 24.9 Å². The molecular formula is C18H29N7O3. The Morgan fingerprint density at radius 3 is 2.71 bits per heavy atom. The van der Waals surface area contributed by atoms with Crippen LogP contribution >= 0.6 is 0 Å². The summed E-state index contributed by atoms with van der Waals surface area (Å²) in [7, 11) is 1.78. The van der Waals surface area contributed by atoms with Gasteiger partial charge < -0.3 is 24.0 Å². The molecule has 28 heavy (non-hydrogen) atoms. The number of aliphatic imine (C=N–C) groups is 1. The summed E-state index contributed by atoms with van der Waals surface area (Å²) >= 11 is 0. The maximum Gasteiger partial charge on any atom is 0.246 e. The van der Waals surface area contributed by atoms with Gasteiger partial charge in [0.15, 0.2) is 11.8 Å². The predicted molar refractivity (Wildman–Crippen MR) is 103 cm³/mol. The lowest BCUT2D eigenvalue weighted by molar-refractivity contribution is 0.0683. The highest BCUT2D eigenvalue weighted by Crippen LogP contribution is 2.13. The first-order chi connectivity index (χ1) is 13.6. The molecule has 0 saturated carbocycles. The predicted octanol–water partition coefficient (Wildman–Crippen LogP) is 1.36. The second-order valence-corrected chi connectivity index (χ2v) is 6.74. The molecule has 1 atom stereocenters. The molecule has 0 spiro atoms. The molecule has 1 saturated heterocycles. The molecule has 0 aliphatic carbocycles. The molecule has 1 aliphatic heterocycles. The van der Waals surface area contributed by atoms with Gasteiger partial charge in [-0.25, -0.2) is 0 Å². The molecule has 3 heterocycles. The van der Waals surface area contributed by atoms with Crippen molar-refractivity contribution >= 4 is 5.96 Å². The van der Waals surface area contributed by atoms with Gasteiger partial charge in [0.25, 0.3) is 0 Å². The molecule has 154 valence electrons. The van der Waals surface area contributed by atoms with Gasteiger partial charge in [0.2, 0.25) is 5.89 Å². The van der Waals surface area contributed by atoms with E-state index >= 15 is 0 Å². The van der Waals surface area contributed by atoms with Crippen LogP contribution in [0.5, 0.6) is 0 Å². The van der Waals surface area contributed by atoms with Crippen molar-refractivity contribution in [3.63, 3.8) is 0 Å². The second kappa shape index (κ2) is 9.65. The van der Waals surface area contributed by atoms with Crippen molar-refractivity contribution in [1.82, 2.24) is 30.4 Å². The number of nitrogens with zero attached hydrogens (tertiary/aromatic N) is 6. The molecule has 10 nitrogen and oxygen atoms in total. The van der Waals surface area contributed by atoms with Crippen molar-refractivity contribution < 1.29 is 13.8 Å². The Bertz CT molecular complexity index is 765. The molecule has 0 aromatic carbocycles. The molecule has 10 heteroatoms. The van der Waals surface area contributed by atoms with Gasteiger partial charge >= 0.3 is 0 Å². The number of aryl methyl sites for hydroxylation is 1. The largest absolute Gasteiger partial charge is 0.371 e. The fourth-order valence-electron chi connectivity index (χ4n) is 3.16. The zero-order chi connectivity index (χ0) is 19.9. The van der Waals surface area contributed by atoms with Crippen LogP contribution in [-0.4, -0.2) is 70.9 Å². The van der Waals surface area contributed by atoms with E-state index < -0.39 is 0 Å². The van der Waals surface area contributed by atoms with E-state index in [1.54, 1.807) is 7.05 Å². The number of guanidine groups is 1. The SMILES string of the molecule is CCOC(C)c1noc(CNC(=NC)N2CCN(Cc3cc(C)on3)CC2)n1. The Labute approximate surface area is 164 Å². The third kappa shape index (κ3) is 5.29. The molecular weight excluding hydrogens is 362 g/mol. The summed E-state index contributed by atoms with van der Waals surface area (Å²) in [6, 6.07) is 1.98. The number of ether oxygens (including phenoxy) is 1. The molecule has 1 unspecified atom stereocenters. The summed E-state index contributed by atoms with van der Waals surface area (Å²) in [4.78, 5) is 13.3. The van der Waals surface area contributed by atoms with Crippen LogP contribution in [-0.2, 0) is 17.8 Å². The van der Waals surface area contributed by atoms with Crippen LogP contribution in [0.2, 0.25) is 0 Å². The molecule has 1 fully saturated rings. The summed E-state index contributed by atoms with van der Waals surface area (Å²) < 4.78 is 15.9. The topological polar surface area (TPSA) is 105 Å². The van der Waals surface area contributed by atoms with Gasteiger partial charge in [-0.1, -0.05) is 10.3 Å².